The summed E-state index contributed by atoms with van der Waals surface area (Å²) in [6.45, 7) is 5.19. The number of benzene rings is 1. The molecule has 2 nitrogen and oxygen atoms in total. The number of hydrogen-bond donors (Lipinski definition) is 1. The standard InChI is InChI=1S/C12H18FNO/c1-9(7-14-3)8-15-11-6-4-5-10(2)12(11)13/h4-6,9,14H,7-8H2,1-3H3. The molecule has 84 valence electrons. The van der Waals surface area contributed by atoms with Crippen molar-refractivity contribution in [2.24, 2.45) is 5.92 Å². The number of aryl methyl sites for hydroxylation is 1. The predicted molar refractivity (Wildman–Crippen MR) is 59.7 cm³/mol. The van der Waals surface area contributed by atoms with E-state index in [0.29, 0.717) is 23.8 Å². The average molecular weight is 211 g/mol. The SMILES string of the molecule is CNCC(C)COc1cccc(C)c1F. The number of halogens is 1. The molecular weight excluding hydrogens is 193 g/mol. The molecule has 1 aromatic carbocycles. The molecule has 0 heterocycles. The van der Waals surface area contributed by atoms with Crippen molar-refractivity contribution in [3.8, 4) is 5.75 Å². The molecule has 0 amide bonds. The fraction of sp³-hybridized carbons (Fsp3) is 0.500. The van der Waals surface area contributed by atoms with Gasteiger partial charge >= 0.3 is 0 Å². The Balaban J connectivity index is 2.54. The minimum atomic E-state index is -0.255. The van der Waals surface area contributed by atoms with Crippen molar-refractivity contribution in [1.29, 1.82) is 0 Å². The Bertz CT molecular complexity index is 314. The molecule has 0 aromatic heterocycles. The number of nitrogens with one attached hydrogen (secondary N) is 1. The molecule has 1 unspecified atom stereocenters. The van der Waals surface area contributed by atoms with E-state index in [1.807, 2.05) is 7.05 Å². The van der Waals surface area contributed by atoms with Crippen LogP contribution in [-0.2, 0) is 0 Å². The Kier molecular flexibility index (Phi) is 4.56. The monoisotopic (exact) mass is 211 g/mol. The van der Waals surface area contributed by atoms with Crippen molar-refractivity contribution in [3.05, 3.63) is 29.6 Å². The van der Waals surface area contributed by atoms with E-state index in [1.165, 1.54) is 0 Å². The zero-order valence-corrected chi connectivity index (χ0v) is 9.51. The molecule has 1 atom stereocenters. The summed E-state index contributed by atoms with van der Waals surface area (Å²) in [6.07, 6.45) is 0. The van der Waals surface area contributed by atoms with E-state index >= 15 is 0 Å². The van der Waals surface area contributed by atoms with Gasteiger partial charge in [-0.2, -0.15) is 0 Å². The van der Waals surface area contributed by atoms with Gasteiger partial charge in [0, 0.05) is 12.5 Å². The molecule has 0 bridgehead atoms. The molecule has 1 rings (SSSR count). The largest absolute Gasteiger partial charge is 0.490 e. The summed E-state index contributed by atoms with van der Waals surface area (Å²) in [6, 6.07) is 5.20. The zero-order valence-electron chi connectivity index (χ0n) is 9.51. The first kappa shape index (κ1) is 12.0. The van der Waals surface area contributed by atoms with Gasteiger partial charge < -0.3 is 10.1 Å². The molecule has 1 N–H and O–H groups in total. The van der Waals surface area contributed by atoms with Crippen LogP contribution in [-0.4, -0.2) is 20.2 Å². The maximum Gasteiger partial charge on any atom is 0.167 e. The van der Waals surface area contributed by atoms with E-state index in [0.717, 1.165) is 6.54 Å². The van der Waals surface area contributed by atoms with Crippen molar-refractivity contribution in [2.75, 3.05) is 20.2 Å². The molecule has 1 aromatic rings. The summed E-state index contributed by atoms with van der Waals surface area (Å²) >= 11 is 0. The van der Waals surface area contributed by atoms with Gasteiger partial charge in [0.05, 0.1) is 6.61 Å². The maximum absolute atomic E-state index is 13.5. The summed E-state index contributed by atoms with van der Waals surface area (Å²) in [7, 11) is 1.89. The average Bonchev–Trinajstić information content (AvgIpc) is 2.21. The lowest BCUT2D eigenvalue weighted by atomic mass is 10.2. The van der Waals surface area contributed by atoms with E-state index in [-0.39, 0.29) is 5.82 Å². The van der Waals surface area contributed by atoms with E-state index in [1.54, 1.807) is 25.1 Å². The van der Waals surface area contributed by atoms with E-state index in [9.17, 15) is 4.39 Å². The minimum absolute atomic E-state index is 0.255. The molecule has 15 heavy (non-hydrogen) atoms. The van der Waals surface area contributed by atoms with Crippen LogP contribution in [0.4, 0.5) is 4.39 Å². The summed E-state index contributed by atoms with van der Waals surface area (Å²) < 4.78 is 18.9. The second-order valence-electron chi connectivity index (χ2n) is 3.86. The summed E-state index contributed by atoms with van der Waals surface area (Å²) in [5.41, 5.74) is 0.619. The van der Waals surface area contributed by atoms with Crippen LogP contribution in [0.25, 0.3) is 0 Å². The van der Waals surface area contributed by atoms with Crippen molar-refractivity contribution >= 4 is 0 Å². The Hall–Kier alpha value is -1.09. The number of hydrogen-bond acceptors (Lipinski definition) is 2. The highest BCUT2D eigenvalue weighted by Gasteiger charge is 2.07. The third-order valence-electron chi connectivity index (χ3n) is 2.23. The third kappa shape index (κ3) is 3.51. The first-order valence-corrected chi connectivity index (χ1v) is 5.17. The van der Waals surface area contributed by atoms with Crippen LogP contribution >= 0.6 is 0 Å². The van der Waals surface area contributed by atoms with Gasteiger partial charge in [-0.1, -0.05) is 19.1 Å². The Morgan fingerprint density at radius 2 is 2.20 bits per heavy atom. The first-order valence-electron chi connectivity index (χ1n) is 5.17. The van der Waals surface area contributed by atoms with Crippen LogP contribution < -0.4 is 10.1 Å². The highest BCUT2D eigenvalue weighted by molar-refractivity contribution is 5.30. The van der Waals surface area contributed by atoms with Crippen LogP contribution in [0, 0.1) is 18.7 Å². The lowest BCUT2D eigenvalue weighted by Gasteiger charge is -2.13. The Labute approximate surface area is 90.4 Å². The Morgan fingerprint density at radius 3 is 2.87 bits per heavy atom. The van der Waals surface area contributed by atoms with Gasteiger partial charge in [-0.15, -0.1) is 0 Å². The quantitative estimate of drug-likeness (QED) is 0.807. The van der Waals surface area contributed by atoms with Crippen molar-refractivity contribution in [2.45, 2.75) is 13.8 Å². The lowest BCUT2D eigenvalue weighted by Crippen LogP contribution is -2.21. The van der Waals surface area contributed by atoms with Crippen molar-refractivity contribution < 1.29 is 9.13 Å². The number of rotatable bonds is 5. The molecule has 0 fully saturated rings. The van der Waals surface area contributed by atoms with Crippen LogP contribution in [0.1, 0.15) is 12.5 Å². The van der Waals surface area contributed by atoms with Crippen molar-refractivity contribution in [1.82, 2.24) is 5.32 Å². The molecule has 0 saturated heterocycles. The predicted octanol–water partition coefficient (Wildman–Crippen LogP) is 2.37. The highest BCUT2D eigenvalue weighted by Crippen LogP contribution is 2.19. The van der Waals surface area contributed by atoms with E-state index in [4.69, 9.17) is 4.74 Å². The molecule has 0 radical (unpaired) electrons. The highest BCUT2D eigenvalue weighted by atomic mass is 19.1. The van der Waals surface area contributed by atoms with E-state index < -0.39 is 0 Å². The second kappa shape index (κ2) is 5.71. The zero-order chi connectivity index (χ0) is 11.3. The normalized spacial score (nSPS) is 12.5. The topological polar surface area (TPSA) is 21.3 Å². The van der Waals surface area contributed by atoms with E-state index in [2.05, 4.69) is 12.2 Å². The second-order valence-corrected chi connectivity index (χ2v) is 3.86. The van der Waals surface area contributed by atoms with Gasteiger partial charge in [0.25, 0.3) is 0 Å². The minimum Gasteiger partial charge on any atom is -0.490 e. The van der Waals surface area contributed by atoms with Gasteiger partial charge in [0.1, 0.15) is 0 Å². The van der Waals surface area contributed by atoms with Crippen LogP contribution in [0.5, 0.6) is 5.75 Å². The van der Waals surface area contributed by atoms with Gasteiger partial charge in [-0.05, 0) is 25.6 Å². The first-order chi connectivity index (χ1) is 7.15. The van der Waals surface area contributed by atoms with Crippen LogP contribution in [0.3, 0.4) is 0 Å². The van der Waals surface area contributed by atoms with Crippen LogP contribution in [0.2, 0.25) is 0 Å². The summed E-state index contributed by atoms with van der Waals surface area (Å²) in [4.78, 5) is 0. The fourth-order valence-electron chi connectivity index (χ4n) is 1.37. The van der Waals surface area contributed by atoms with Crippen molar-refractivity contribution in [3.63, 3.8) is 0 Å². The Morgan fingerprint density at radius 1 is 1.47 bits per heavy atom. The van der Waals surface area contributed by atoms with Gasteiger partial charge in [-0.25, -0.2) is 4.39 Å². The van der Waals surface area contributed by atoms with Gasteiger partial charge in [-0.3, -0.25) is 0 Å². The smallest absolute Gasteiger partial charge is 0.167 e. The van der Waals surface area contributed by atoms with Gasteiger partial charge in [0.15, 0.2) is 11.6 Å². The van der Waals surface area contributed by atoms with Crippen LogP contribution in [0.15, 0.2) is 18.2 Å². The molecule has 0 aliphatic rings. The molecule has 0 aliphatic carbocycles. The molecule has 0 spiro atoms. The molecule has 3 heteroatoms. The maximum atomic E-state index is 13.5. The summed E-state index contributed by atoms with van der Waals surface area (Å²) in [5, 5.41) is 3.06. The van der Waals surface area contributed by atoms with Gasteiger partial charge in [0.2, 0.25) is 0 Å². The third-order valence-corrected chi connectivity index (χ3v) is 2.23. The molecule has 0 aliphatic heterocycles. The summed E-state index contributed by atoms with van der Waals surface area (Å²) in [5.74, 6) is 0.460. The number of ether oxygens (including phenoxy) is 1. The fourth-order valence-corrected chi connectivity index (χ4v) is 1.37. The molecular formula is C12H18FNO. The molecule has 0 saturated carbocycles. The lowest BCUT2D eigenvalue weighted by molar-refractivity contribution is 0.247.